The molecule has 20 heavy (non-hydrogen) atoms. The van der Waals surface area contributed by atoms with Crippen LogP contribution in [0, 0.1) is 0 Å². The summed E-state index contributed by atoms with van der Waals surface area (Å²) in [6, 6.07) is 1.59. The summed E-state index contributed by atoms with van der Waals surface area (Å²) in [6.07, 6.45) is 3.11. The van der Waals surface area contributed by atoms with E-state index in [1.165, 1.54) is 25.1 Å². The van der Waals surface area contributed by atoms with E-state index in [2.05, 4.69) is 10.2 Å². The fourth-order valence-electron chi connectivity index (χ4n) is 1.57. The van der Waals surface area contributed by atoms with Gasteiger partial charge >= 0.3 is 5.97 Å². The molecule has 0 aliphatic heterocycles. The summed E-state index contributed by atoms with van der Waals surface area (Å²) < 4.78 is 16.9. The number of carbonyl (C=O) groups excluding carboxylic acids is 1. The van der Waals surface area contributed by atoms with Crippen molar-refractivity contribution in [3.63, 3.8) is 0 Å². The number of carbonyl (C=O) groups is 1. The van der Waals surface area contributed by atoms with Gasteiger partial charge in [-0.05, 0) is 6.07 Å². The largest absolute Gasteiger partial charge is 0.468 e. The molecule has 7 nitrogen and oxygen atoms in total. The molecule has 0 atom stereocenters. The lowest BCUT2D eigenvalue weighted by Crippen LogP contribution is -2.05. The number of thioether (sulfide) groups is 1. The minimum Gasteiger partial charge on any atom is -0.468 e. The molecule has 0 aliphatic carbocycles. The van der Waals surface area contributed by atoms with Gasteiger partial charge in [-0.3, -0.25) is 0 Å². The van der Waals surface area contributed by atoms with Crippen LogP contribution in [0.15, 0.2) is 28.2 Å². The topological polar surface area (TPSA) is 79.4 Å². The second-order valence-corrected chi connectivity index (χ2v) is 4.78. The second kappa shape index (κ2) is 7.11. The Morgan fingerprint density at radius 2 is 2.35 bits per heavy atom. The Balaban J connectivity index is 2.00. The predicted molar refractivity (Wildman–Crippen MR) is 71.5 cm³/mol. The van der Waals surface area contributed by atoms with Gasteiger partial charge in [0.15, 0.2) is 5.16 Å². The molecule has 2 rings (SSSR count). The van der Waals surface area contributed by atoms with Crippen molar-refractivity contribution in [1.82, 2.24) is 14.8 Å². The number of furan rings is 1. The summed E-state index contributed by atoms with van der Waals surface area (Å²) in [5.41, 5.74) is 0.433. The number of aromatic nitrogens is 3. The first-order valence-electron chi connectivity index (χ1n) is 5.90. The van der Waals surface area contributed by atoms with Gasteiger partial charge in [0.1, 0.15) is 17.7 Å². The first-order chi connectivity index (χ1) is 9.76. The summed E-state index contributed by atoms with van der Waals surface area (Å²) in [6.45, 7) is 1.26. The molecular weight excluding hydrogens is 282 g/mol. The summed E-state index contributed by atoms with van der Waals surface area (Å²) in [7, 11) is 2.98. The van der Waals surface area contributed by atoms with Gasteiger partial charge in [0, 0.05) is 13.7 Å². The molecule has 8 heteroatoms. The minimum absolute atomic E-state index is 0.407. The standard InChI is InChI=1S/C12H15N3O4S/c1-17-6-4-15-8-13-14-12(15)20-7-10-9(3-5-19-10)11(16)18-2/h3,5,8H,4,6-7H2,1-2H3. The van der Waals surface area contributed by atoms with Crippen LogP contribution in [0.2, 0.25) is 0 Å². The van der Waals surface area contributed by atoms with Crippen molar-refractivity contribution >= 4 is 17.7 Å². The van der Waals surface area contributed by atoms with Gasteiger partial charge in [0.25, 0.3) is 0 Å². The zero-order valence-electron chi connectivity index (χ0n) is 11.2. The number of methoxy groups -OCH3 is 2. The van der Waals surface area contributed by atoms with E-state index in [9.17, 15) is 4.79 Å². The van der Waals surface area contributed by atoms with Crippen LogP contribution in [0.1, 0.15) is 16.1 Å². The van der Waals surface area contributed by atoms with E-state index in [-0.39, 0.29) is 0 Å². The zero-order chi connectivity index (χ0) is 14.4. The highest BCUT2D eigenvalue weighted by Crippen LogP contribution is 2.23. The van der Waals surface area contributed by atoms with E-state index in [0.717, 1.165) is 5.16 Å². The van der Waals surface area contributed by atoms with Gasteiger partial charge in [-0.15, -0.1) is 10.2 Å². The number of ether oxygens (including phenoxy) is 2. The second-order valence-electron chi connectivity index (χ2n) is 3.84. The lowest BCUT2D eigenvalue weighted by Gasteiger charge is -2.05. The van der Waals surface area contributed by atoms with E-state index in [0.29, 0.717) is 30.2 Å². The predicted octanol–water partition coefficient (Wildman–Crippen LogP) is 1.60. The average Bonchev–Trinajstić information content (AvgIpc) is 3.10. The zero-order valence-corrected chi connectivity index (χ0v) is 12.1. The van der Waals surface area contributed by atoms with Gasteiger partial charge in [-0.1, -0.05) is 11.8 Å². The number of hydrogen-bond donors (Lipinski definition) is 0. The molecule has 0 bridgehead atoms. The molecular formula is C12H15N3O4S. The van der Waals surface area contributed by atoms with Crippen LogP contribution in [0.4, 0.5) is 0 Å². The number of hydrogen-bond acceptors (Lipinski definition) is 7. The van der Waals surface area contributed by atoms with Crippen molar-refractivity contribution in [3.8, 4) is 0 Å². The highest BCUT2D eigenvalue weighted by Gasteiger charge is 2.16. The van der Waals surface area contributed by atoms with Crippen molar-refractivity contribution in [3.05, 3.63) is 30.0 Å². The van der Waals surface area contributed by atoms with Crippen LogP contribution in [-0.2, 0) is 21.8 Å². The van der Waals surface area contributed by atoms with Crippen molar-refractivity contribution in [1.29, 1.82) is 0 Å². The summed E-state index contributed by atoms with van der Waals surface area (Å²) in [5.74, 6) is 0.627. The van der Waals surface area contributed by atoms with E-state index in [1.807, 2.05) is 4.57 Å². The Labute approximate surface area is 120 Å². The normalized spacial score (nSPS) is 10.7. The lowest BCUT2D eigenvalue weighted by atomic mass is 10.3. The minimum atomic E-state index is -0.407. The maximum Gasteiger partial charge on any atom is 0.341 e. The third kappa shape index (κ3) is 3.40. The Morgan fingerprint density at radius 3 is 3.10 bits per heavy atom. The van der Waals surface area contributed by atoms with Crippen molar-refractivity contribution in [2.24, 2.45) is 0 Å². The van der Waals surface area contributed by atoms with E-state index < -0.39 is 5.97 Å². The molecule has 0 spiro atoms. The Morgan fingerprint density at radius 1 is 1.50 bits per heavy atom. The Hall–Kier alpha value is -1.80. The van der Waals surface area contributed by atoms with Crippen LogP contribution in [0.5, 0.6) is 0 Å². The molecule has 0 N–H and O–H groups in total. The van der Waals surface area contributed by atoms with Crippen molar-refractivity contribution in [2.45, 2.75) is 17.5 Å². The van der Waals surface area contributed by atoms with Crippen LogP contribution in [-0.4, -0.2) is 41.6 Å². The Bertz CT molecular complexity index is 567. The smallest absolute Gasteiger partial charge is 0.341 e. The molecule has 0 unspecified atom stereocenters. The summed E-state index contributed by atoms with van der Waals surface area (Å²) in [5, 5.41) is 8.63. The molecule has 0 fully saturated rings. The maximum absolute atomic E-state index is 11.5. The number of rotatable bonds is 7. The van der Waals surface area contributed by atoms with Crippen LogP contribution in [0.25, 0.3) is 0 Å². The first-order valence-corrected chi connectivity index (χ1v) is 6.89. The summed E-state index contributed by atoms with van der Waals surface area (Å²) >= 11 is 1.44. The van der Waals surface area contributed by atoms with Crippen LogP contribution < -0.4 is 0 Å². The lowest BCUT2D eigenvalue weighted by molar-refractivity contribution is 0.0598. The third-order valence-corrected chi connectivity index (χ3v) is 3.58. The van der Waals surface area contributed by atoms with Gasteiger partial charge in [-0.2, -0.15) is 0 Å². The fraction of sp³-hybridized carbons (Fsp3) is 0.417. The average molecular weight is 297 g/mol. The highest BCUT2D eigenvalue weighted by atomic mass is 32.2. The third-order valence-electron chi connectivity index (χ3n) is 2.60. The van der Waals surface area contributed by atoms with Gasteiger partial charge in [-0.25, -0.2) is 4.79 Å². The van der Waals surface area contributed by atoms with Crippen LogP contribution in [0.3, 0.4) is 0 Å². The Kier molecular flexibility index (Phi) is 5.19. The van der Waals surface area contributed by atoms with Crippen molar-refractivity contribution < 1.29 is 18.7 Å². The number of nitrogens with zero attached hydrogens (tertiary/aromatic N) is 3. The monoisotopic (exact) mass is 297 g/mol. The molecule has 2 aromatic heterocycles. The summed E-state index contributed by atoms with van der Waals surface area (Å²) in [4.78, 5) is 11.5. The SMILES string of the molecule is COCCn1cnnc1SCc1occc1C(=O)OC. The van der Waals surface area contributed by atoms with Gasteiger partial charge in [0.2, 0.25) is 0 Å². The molecule has 0 amide bonds. The van der Waals surface area contributed by atoms with Crippen LogP contribution >= 0.6 is 11.8 Å². The molecule has 0 aliphatic rings. The van der Waals surface area contributed by atoms with Crippen molar-refractivity contribution in [2.75, 3.05) is 20.8 Å². The number of esters is 1. The van der Waals surface area contributed by atoms with E-state index in [1.54, 1.807) is 19.5 Å². The molecule has 0 saturated heterocycles. The highest BCUT2D eigenvalue weighted by molar-refractivity contribution is 7.98. The molecule has 108 valence electrons. The molecule has 0 saturated carbocycles. The fourth-order valence-corrected chi connectivity index (χ4v) is 2.47. The first kappa shape index (κ1) is 14.6. The van der Waals surface area contributed by atoms with Gasteiger partial charge in [0.05, 0.1) is 25.7 Å². The maximum atomic E-state index is 11.5. The molecule has 2 aromatic rings. The van der Waals surface area contributed by atoms with E-state index in [4.69, 9.17) is 13.9 Å². The quantitative estimate of drug-likeness (QED) is 0.567. The molecule has 2 heterocycles. The van der Waals surface area contributed by atoms with Gasteiger partial charge < -0.3 is 18.5 Å². The van der Waals surface area contributed by atoms with E-state index >= 15 is 0 Å². The molecule has 0 radical (unpaired) electrons. The molecule has 0 aromatic carbocycles.